The Morgan fingerprint density at radius 2 is 2.14 bits per heavy atom. The van der Waals surface area contributed by atoms with Gasteiger partial charge in [-0.3, -0.25) is 4.79 Å². The fourth-order valence-corrected chi connectivity index (χ4v) is 4.94. The molecule has 22 heavy (non-hydrogen) atoms. The largest absolute Gasteiger partial charge is 0.356 e. The molecule has 1 aliphatic carbocycles. The molecule has 1 fully saturated rings. The number of hydrogen-bond acceptors (Lipinski definition) is 1. The Morgan fingerprint density at radius 1 is 1.27 bits per heavy atom. The van der Waals surface area contributed by atoms with Crippen LogP contribution in [0.25, 0.3) is 10.9 Å². The number of H-pyrrole nitrogens is 1. The molecule has 3 nitrogen and oxygen atoms in total. The Labute approximate surface area is 133 Å². The lowest BCUT2D eigenvalue weighted by molar-refractivity contribution is -0.132. The summed E-state index contributed by atoms with van der Waals surface area (Å²) in [7, 11) is 0. The molecule has 1 saturated heterocycles. The van der Waals surface area contributed by atoms with E-state index in [0.717, 1.165) is 30.8 Å². The first-order valence-corrected chi connectivity index (χ1v) is 8.36. The van der Waals surface area contributed by atoms with Crippen LogP contribution in [0.3, 0.4) is 0 Å². The Bertz CT molecular complexity index is 822. The van der Waals surface area contributed by atoms with E-state index in [4.69, 9.17) is 11.6 Å². The summed E-state index contributed by atoms with van der Waals surface area (Å²) in [5, 5.41) is 2.23. The van der Waals surface area contributed by atoms with Gasteiger partial charge >= 0.3 is 0 Å². The number of rotatable bonds is 0. The van der Waals surface area contributed by atoms with Gasteiger partial charge in [0.25, 0.3) is 0 Å². The first-order valence-electron chi connectivity index (χ1n) is 7.98. The van der Waals surface area contributed by atoms with Gasteiger partial charge in [-0.05, 0) is 30.9 Å². The number of allylic oxidation sites excluding steroid dienone is 2. The van der Waals surface area contributed by atoms with Crippen molar-refractivity contribution in [3.05, 3.63) is 46.6 Å². The summed E-state index contributed by atoms with van der Waals surface area (Å²) in [6.07, 6.45) is 4.60. The second-order valence-corrected chi connectivity index (χ2v) is 7.14. The van der Waals surface area contributed by atoms with Crippen LogP contribution in [0.4, 0.5) is 0 Å². The molecule has 0 bridgehead atoms. The number of fused-ring (bicyclic) bond motifs is 7. The number of benzene rings is 1. The van der Waals surface area contributed by atoms with Gasteiger partial charge < -0.3 is 9.88 Å². The highest BCUT2D eigenvalue weighted by atomic mass is 35.5. The van der Waals surface area contributed by atoms with Crippen molar-refractivity contribution in [2.24, 2.45) is 11.8 Å². The molecule has 5 rings (SSSR count). The third-order valence-corrected chi connectivity index (χ3v) is 5.94. The van der Waals surface area contributed by atoms with Gasteiger partial charge in [0.2, 0.25) is 5.91 Å². The van der Waals surface area contributed by atoms with Gasteiger partial charge in [0.1, 0.15) is 0 Å². The molecular weight excluding hydrogens is 296 g/mol. The molecule has 0 saturated carbocycles. The molecule has 112 valence electrons. The number of aromatic amines is 1. The molecule has 3 heterocycles. The van der Waals surface area contributed by atoms with Crippen LogP contribution in [0.2, 0.25) is 0 Å². The quantitative estimate of drug-likeness (QED) is 0.790. The Balaban J connectivity index is 1.69. The highest BCUT2D eigenvalue weighted by Gasteiger charge is 2.51. The average molecular weight is 313 g/mol. The highest BCUT2D eigenvalue weighted by molar-refractivity contribution is 6.29. The van der Waals surface area contributed by atoms with E-state index in [9.17, 15) is 4.79 Å². The molecule has 1 aromatic carbocycles. The smallest absolute Gasteiger partial charge is 0.226 e. The zero-order valence-corrected chi connectivity index (χ0v) is 12.9. The lowest BCUT2D eigenvalue weighted by Crippen LogP contribution is -2.35. The molecule has 1 aromatic heterocycles. The van der Waals surface area contributed by atoms with Crippen molar-refractivity contribution in [1.29, 1.82) is 0 Å². The van der Waals surface area contributed by atoms with Gasteiger partial charge in [-0.25, -0.2) is 0 Å². The lowest BCUT2D eigenvalue weighted by atomic mass is 9.79. The first-order chi connectivity index (χ1) is 10.7. The first kappa shape index (κ1) is 12.8. The maximum Gasteiger partial charge on any atom is 0.226 e. The van der Waals surface area contributed by atoms with E-state index in [0.29, 0.717) is 11.8 Å². The number of aromatic nitrogens is 1. The van der Waals surface area contributed by atoms with E-state index >= 15 is 0 Å². The van der Waals surface area contributed by atoms with Gasteiger partial charge in [0.05, 0.1) is 6.04 Å². The van der Waals surface area contributed by atoms with Crippen LogP contribution in [0.15, 0.2) is 35.4 Å². The minimum Gasteiger partial charge on any atom is -0.356 e. The second-order valence-electron chi connectivity index (χ2n) is 6.65. The van der Waals surface area contributed by atoms with Crippen molar-refractivity contribution in [3.63, 3.8) is 0 Å². The van der Waals surface area contributed by atoms with Gasteiger partial charge in [-0.1, -0.05) is 35.9 Å². The van der Waals surface area contributed by atoms with Crippen LogP contribution < -0.4 is 0 Å². The molecule has 1 N–H and O–H groups in total. The van der Waals surface area contributed by atoms with Crippen LogP contribution in [-0.2, 0) is 11.2 Å². The molecule has 3 atom stereocenters. The minimum atomic E-state index is 0.116. The lowest BCUT2D eigenvalue weighted by Gasteiger charge is -2.33. The molecule has 2 aliphatic heterocycles. The monoisotopic (exact) mass is 312 g/mol. The average Bonchev–Trinajstić information content (AvgIpc) is 3.03. The Kier molecular flexibility index (Phi) is 2.55. The van der Waals surface area contributed by atoms with E-state index < -0.39 is 0 Å². The normalized spacial score (nSPS) is 30.0. The summed E-state index contributed by atoms with van der Waals surface area (Å²) in [6.45, 7) is 0.836. The fraction of sp³-hybridized carbons (Fsp3) is 0.389. The SMILES string of the molecule is O=C1[C@@H]2CC=C(Cl)C[C@H]2[C@@H]2c3[nH]c4ccccc4c3CCN12. The molecule has 3 aliphatic rings. The molecule has 0 spiro atoms. The zero-order valence-electron chi connectivity index (χ0n) is 12.2. The number of nitrogens with zero attached hydrogens (tertiary/aromatic N) is 1. The molecule has 1 amide bonds. The van der Waals surface area contributed by atoms with Crippen LogP contribution in [0.1, 0.15) is 30.1 Å². The number of carbonyl (C=O) groups is 1. The van der Waals surface area contributed by atoms with Crippen LogP contribution in [0.5, 0.6) is 0 Å². The number of hydrogen-bond donors (Lipinski definition) is 1. The van der Waals surface area contributed by atoms with Crippen molar-refractivity contribution in [1.82, 2.24) is 9.88 Å². The van der Waals surface area contributed by atoms with E-state index in [1.54, 1.807) is 0 Å². The predicted octanol–water partition coefficient (Wildman–Crippen LogP) is 3.76. The second kappa shape index (κ2) is 4.39. The molecule has 2 aromatic rings. The van der Waals surface area contributed by atoms with E-state index in [1.807, 2.05) is 6.08 Å². The van der Waals surface area contributed by atoms with Crippen LogP contribution in [-0.4, -0.2) is 22.3 Å². The number of nitrogens with one attached hydrogen (secondary N) is 1. The van der Waals surface area contributed by atoms with Crippen LogP contribution in [0, 0.1) is 11.8 Å². The predicted molar refractivity (Wildman–Crippen MR) is 86.6 cm³/mol. The number of amides is 1. The van der Waals surface area contributed by atoms with Crippen molar-refractivity contribution in [2.75, 3.05) is 6.54 Å². The Morgan fingerprint density at radius 3 is 3.05 bits per heavy atom. The number of halogens is 1. The standard InChI is InChI=1S/C18H17ClN2O/c19-10-5-6-13-14(9-10)17-16-12(7-8-21(17)18(13)22)11-3-1-2-4-15(11)20-16/h1-5,13-14,17,20H,6-9H2/t13-,14-,17-/m1/s1. The van der Waals surface area contributed by atoms with Crippen molar-refractivity contribution >= 4 is 28.4 Å². The van der Waals surface area contributed by atoms with E-state index in [2.05, 4.69) is 34.1 Å². The summed E-state index contributed by atoms with van der Waals surface area (Å²) in [6, 6.07) is 8.63. The van der Waals surface area contributed by atoms with Crippen molar-refractivity contribution in [3.8, 4) is 0 Å². The van der Waals surface area contributed by atoms with E-state index in [-0.39, 0.29) is 12.0 Å². The van der Waals surface area contributed by atoms with Gasteiger partial charge in [0.15, 0.2) is 0 Å². The summed E-state index contributed by atoms with van der Waals surface area (Å²) in [5.74, 6) is 0.752. The summed E-state index contributed by atoms with van der Waals surface area (Å²) < 4.78 is 0. The molecule has 0 radical (unpaired) electrons. The van der Waals surface area contributed by atoms with Crippen molar-refractivity contribution < 1.29 is 4.79 Å². The molecule has 0 unspecified atom stereocenters. The van der Waals surface area contributed by atoms with Crippen LogP contribution >= 0.6 is 11.6 Å². The highest BCUT2D eigenvalue weighted by Crippen LogP contribution is 2.51. The summed E-state index contributed by atoms with van der Waals surface area (Å²) >= 11 is 6.29. The molecule has 4 heteroatoms. The number of para-hydroxylation sites is 1. The van der Waals surface area contributed by atoms with Gasteiger partial charge in [0, 0.05) is 40.0 Å². The van der Waals surface area contributed by atoms with Gasteiger partial charge in [-0.15, -0.1) is 0 Å². The maximum absolute atomic E-state index is 12.7. The van der Waals surface area contributed by atoms with Crippen molar-refractivity contribution in [2.45, 2.75) is 25.3 Å². The minimum absolute atomic E-state index is 0.116. The Hall–Kier alpha value is -1.74. The topological polar surface area (TPSA) is 36.1 Å². The summed E-state index contributed by atoms with van der Waals surface area (Å²) in [4.78, 5) is 18.4. The van der Waals surface area contributed by atoms with Gasteiger partial charge in [-0.2, -0.15) is 0 Å². The maximum atomic E-state index is 12.7. The zero-order chi connectivity index (χ0) is 14.8. The number of carbonyl (C=O) groups excluding carboxylic acids is 1. The van der Waals surface area contributed by atoms with E-state index in [1.165, 1.54) is 22.2 Å². The third-order valence-electron chi connectivity index (χ3n) is 5.63. The molecular formula is C18H17ClN2O. The summed E-state index contributed by atoms with van der Waals surface area (Å²) in [5.41, 5.74) is 3.83. The fourth-order valence-electron chi connectivity index (χ4n) is 4.67. The third kappa shape index (κ3) is 1.55.